The van der Waals surface area contributed by atoms with Gasteiger partial charge in [0.1, 0.15) is 11.6 Å². The van der Waals surface area contributed by atoms with Crippen LogP contribution in [0.15, 0.2) is 18.2 Å². The van der Waals surface area contributed by atoms with E-state index in [1.807, 2.05) is 20.8 Å². The smallest absolute Gasteiger partial charge is 0.142 e. The molecular weight excluding hydrogens is 215 g/mol. The Morgan fingerprint density at radius 1 is 1.40 bits per heavy atom. The topological polar surface area (TPSA) is 17.1 Å². The number of carbonyl (C=O) groups is 1. The molecule has 0 saturated carbocycles. The number of carbonyl (C=O) groups excluding carboxylic acids is 1. The van der Waals surface area contributed by atoms with E-state index < -0.39 is 11.2 Å². The Hall–Kier alpha value is -0.890. The first-order valence-corrected chi connectivity index (χ1v) is 5.16. The zero-order chi connectivity index (χ0) is 11.6. The summed E-state index contributed by atoms with van der Waals surface area (Å²) >= 11 is 5.83. The van der Waals surface area contributed by atoms with Gasteiger partial charge in [0, 0.05) is 22.4 Å². The second-order valence-corrected chi connectivity index (χ2v) is 4.96. The van der Waals surface area contributed by atoms with Crippen LogP contribution in [0.5, 0.6) is 0 Å². The Morgan fingerprint density at radius 3 is 2.47 bits per heavy atom. The van der Waals surface area contributed by atoms with Gasteiger partial charge in [0.25, 0.3) is 0 Å². The van der Waals surface area contributed by atoms with Gasteiger partial charge < -0.3 is 0 Å². The predicted octanol–water partition coefficient (Wildman–Crippen LogP) is 3.64. The van der Waals surface area contributed by atoms with Gasteiger partial charge in [0.2, 0.25) is 0 Å². The molecule has 82 valence electrons. The van der Waals surface area contributed by atoms with E-state index in [0.717, 1.165) is 0 Å². The summed E-state index contributed by atoms with van der Waals surface area (Å²) in [7, 11) is 0. The van der Waals surface area contributed by atoms with Crippen molar-refractivity contribution in [3.8, 4) is 0 Å². The molecule has 0 amide bonds. The molecule has 0 N–H and O–H groups in total. The van der Waals surface area contributed by atoms with Gasteiger partial charge in [-0.2, -0.15) is 0 Å². The Morgan fingerprint density at radius 2 is 2.00 bits per heavy atom. The molecule has 1 aromatic carbocycles. The van der Waals surface area contributed by atoms with E-state index in [2.05, 4.69) is 0 Å². The van der Waals surface area contributed by atoms with Crippen LogP contribution < -0.4 is 0 Å². The van der Waals surface area contributed by atoms with Gasteiger partial charge in [-0.3, -0.25) is 4.79 Å². The molecule has 0 spiro atoms. The SMILES string of the molecule is CC(C)(C)C(=O)Cc1c(F)cccc1Cl. The quantitative estimate of drug-likeness (QED) is 0.756. The largest absolute Gasteiger partial charge is 0.299 e. The van der Waals surface area contributed by atoms with Gasteiger partial charge in [0.05, 0.1) is 0 Å². The number of hydrogen-bond acceptors (Lipinski definition) is 1. The number of halogens is 2. The van der Waals surface area contributed by atoms with Crippen molar-refractivity contribution in [2.75, 3.05) is 0 Å². The fourth-order valence-corrected chi connectivity index (χ4v) is 1.36. The van der Waals surface area contributed by atoms with E-state index in [1.54, 1.807) is 6.07 Å². The molecule has 1 nitrogen and oxygen atoms in total. The van der Waals surface area contributed by atoms with Gasteiger partial charge in [-0.25, -0.2) is 4.39 Å². The Kier molecular flexibility index (Phi) is 3.50. The molecule has 0 aliphatic carbocycles. The summed E-state index contributed by atoms with van der Waals surface area (Å²) in [5, 5.41) is 0.313. The minimum absolute atomic E-state index is 0.0190. The van der Waals surface area contributed by atoms with Crippen molar-refractivity contribution in [3.05, 3.63) is 34.6 Å². The molecule has 0 aromatic heterocycles. The van der Waals surface area contributed by atoms with Crippen molar-refractivity contribution in [2.24, 2.45) is 5.41 Å². The molecule has 0 unspecified atom stereocenters. The van der Waals surface area contributed by atoms with Crippen molar-refractivity contribution in [1.82, 2.24) is 0 Å². The van der Waals surface area contributed by atoms with E-state index in [1.165, 1.54) is 12.1 Å². The molecule has 0 bridgehead atoms. The molecule has 0 heterocycles. The predicted molar refractivity (Wildman–Crippen MR) is 59.6 cm³/mol. The number of ketones is 1. The number of rotatable bonds is 2. The molecule has 1 aromatic rings. The second kappa shape index (κ2) is 4.31. The van der Waals surface area contributed by atoms with Crippen molar-refractivity contribution < 1.29 is 9.18 Å². The third kappa shape index (κ3) is 3.03. The standard InChI is InChI=1S/C12H14ClFO/c1-12(2,3)11(15)7-8-9(13)5-4-6-10(8)14/h4-6H,7H2,1-3H3. The average Bonchev–Trinajstić information content (AvgIpc) is 2.09. The van der Waals surface area contributed by atoms with E-state index >= 15 is 0 Å². The van der Waals surface area contributed by atoms with Crippen LogP contribution in [0, 0.1) is 11.2 Å². The van der Waals surface area contributed by atoms with Crippen molar-refractivity contribution in [2.45, 2.75) is 27.2 Å². The summed E-state index contributed by atoms with van der Waals surface area (Å²) in [5.41, 5.74) is -0.176. The zero-order valence-corrected chi connectivity index (χ0v) is 9.86. The Labute approximate surface area is 94.3 Å². The van der Waals surface area contributed by atoms with E-state index in [4.69, 9.17) is 11.6 Å². The molecular formula is C12H14ClFO. The highest BCUT2D eigenvalue weighted by molar-refractivity contribution is 6.31. The Balaban J connectivity index is 2.95. The summed E-state index contributed by atoms with van der Waals surface area (Å²) in [6, 6.07) is 4.44. The third-order valence-corrected chi connectivity index (χ3v) is 2.59. The lowest BCUT2D eigenvalue weighted by molar-refractivity contribution is -0.125. The van der Waals surface area contributed by atoms with Crippen LogP contribution in [-0.2, 0) is 11.2 Å². The van der Waals surface area contributed by atoms with Crippen LogP contribution >= 0.6 is 11.6 Å². The first-order chi connectivity index (χ1) is 6.82. The summed E-state index contributed by atoms with van der Waals surface area (Å²) in [6.45, 7) is 5.43. The van der Waals surface area contributed by atoms with Crippen molar-refractivity contribution >= 4 is 17.4 Å². The van der Waals surface area contributed by atoms with Gasteiger partial charge >= 0.3 is 0 Å². The molecule has 0 aliphatic heterocycles. The van der Waals surface area contributed by atoms with Crippen LogP contribution in [0.25, 0.3) is 0 Å². The molecule has 0 radical (unpaired) electrons. The molecule has 1 rings (SSSR count). The minimum Gasteiger partial charge on any atom is -0.299 e. The summed E-state index contributed by atoms with van der Waals surface area (Å²) in [4.78, 5) is 11.7. The highest BCUT2D eigenvalue weighted by Gasteiger charge is 2.23. The van der Waals surface area contributed by atoms with Crippen molar-refractivity contribution in [1.29, 1.82) is 0 Å². The molecule has 0 atom stereocenters. The van der Waals surface area contributed by atoms with Crippen LogP contribution in [0.4, 0.5) is 4.39 Å². The van der Waals surface area contributed by atoms with E-state index in [-0.39, 0.29) is 12.2 Å². The zero-order valence-electron chi connectivity index (χ0n) is 9.10. The first-order valence-electron chi connectivity index (χ1n) is 4.78. The first kappa shape index (κ1) is 12.2. The number of Topliss-reactive ketones (excluding diaryl/α,β-unsaturated/α-hetero) is 1. The highest BCUT2D eigenvalue weighted by atomic mass is 35.5. The van der Waals surface area contributed by atoms with Crippen LogP contribution in [0.3, 0.4) is 0 Å². The molecule has 0 aliphatic rings. The summed E-state index contributed by atoms with van der Waals surface area (Å²) in [6.07, 6.45) is 0.0506. The lowest BCUT2D eigenvalue weighted by Crippen LogP contribution is -2.22. The fourth-order valence-electron chi connectivity index (χ4n) is 1.13. The van der Waals surface area contributed by atoms with Crippen LogP contribution in [-0.4, -0.2) is 5.78 Å². The van der Waals surface area contributed by atoms with Gasteiger partial charge in [-0.05, 0) is 12.1 Å². The number of hydrogen-bond donors (Lipinski definition) is 0. The minimum atomic E-state index is -0.467. The second-order valence-electron chi connectivity index (χ2n) is 4.55. The van der Waals surface area contributed by atoms with Crippen LogP contribution in [0.1, 0.15) is 26.3 Å². The monoisotopic (exact) mass is 228 g/mol. The molecule has 3 heteroatoms. The molecule has 15 heavy (non-hydrogen) atoms. The third-order valence-electron chi connectivity index (χ3n) is 2.24. The summed E-state index contributed by atoms with van der Waals surface area (Å²) in [5.74, 6) is -0.436. The maximum absolute atomic E-state index is 13.4. The molecule has 0 fully saturated rings. The van der Waals surface area contributed by atoms with E-state index in [0.29, 0.717) is 10.6 Å². The lowest BCUT2D eigenvalue weighted by Gasteiger charge is -2.17. The van der Waals surface area contributed by atoms with Gasteiger partial charge in [0.15, 0.2) is 0 Å². The lowest BCUT2D eigenvalue weighted by atomic mass is 9.87. The maximum atomic E-state index is 13.4. The van der Waals surface area contributed by atoms with Crippen LogP contribution in [0.2, 0.25) is 5.02 Å². The Bertz CT molecular complexity index is 359. The van der Waals surface area contributed by atoms with Gasteiger partial charge in [-0.1, -0.05) is 38.4 Å². The normalized spacial score (nSPS) is 11.5. The van der Waals surface area contributed by atoms with Gasteiger partial charge in [-0.15, -0.1) is 0 Å². The van der Waals surface area contributed by atoms with Crippen molar-refractivity contribution in [3.63, 3.8) is 0 Å². The summed E-state index contributed by atoms with van der Waals surface area (Å²) < 4.78 is 13.4. The molecule has 0 saturated heterocycles. The van der Waals surface area contributed by atoms with E-state index in [9.17, 15) is 9.18 Å². The highest BCUT2D eigenvalue weighted by Crippen LogP contribution is 2.24. The number of benzene rings is 1. The maximum Gasteiger partial charge on any atom is 0.142 e. The fraction of sp³-hybridized carbons (Fsp3) is 0.417. The average molecular weight is 229 g/mol.